The first-order chi connectivity index (χ1) is 9.29. The largest absolute Gasteiger partial charge is 0.489 e. The normalized spacial score (nSPS) is 11.1. The summed E-state index contributed by atoms with van der Waals surface area (Å²) in [5.74, 6) is 0.806. The van der Waals surface area contributed by atoms with Crippen LogP contribution < -0.4 is 4.74 Å². The Balaban J connectivity index is 2.07. The number of carbonyl (C=O) groups excluding carboxylic acids is 1. The van der Waals surface area contributed by atoms with Gasteiger partial charge in [0.05, 0.1) is 0 Å². The van der Waals surface area contributed by atoms with Crippen molar-refractivity contribution < 1.29 is 9.53 Å². The molecule has 0 bridgehead atoms. The minimum absolute atomic E-state index is 0.542. The fraction of sp³-hybridized carbons (Fsp3) is 0.118. The van der Waals surface area contributed by atoms with Crippen molar-refractivity contribution in [1.82, 2.24) is 0 Å². The average molecular weight is 252 g/mol. The molecule has 0 amide bonds. The summed E-state index contributed by atoms with van der Waals surface area (Å²) in [5, 5.41) is 0. The molecule has 0 N–H and O–H groups in total. The first-order valence-corrected chi connectivity index (χ1v) is 6.19. The van der Waals surface area contributed by atoms with Crippen molar-refractivity contribution in [3.8, 4) is 5.75 Å². The molecule has 0 saturated carbocycles. The van der Waals surface area contributed by atoms with Crippen LogP contribution in [0.15, 0.2) is 60.7 Å². The second-order valence-electron chi connectivity index (χ2n) is 4.29. The van der Waals surface area contributed by atoms with Gasteiger partial charge < -0.3 is 4.74 Å². The average Bonchev–Trinajstić information content (AvgIpc) is 2.47. The topological polar surface area (TPSA) is 26.3 Å². The SMILES string of the molecule is C/C(=C/C=O)c1cccc(OCc2ccccc2)c1. The molecule has 0 aliphatic carbocycles. The molecule has 2 nitrogen and oxygen atoms in total. The second-order valence-corrected chi connectivity index (χ2v) is 4.29. The van der Waals surface area contributed by atoms with E-state index in [9.17, 15) is 4.79 Å². The molecule has 2 aromatic rings. The van der Waals surface area contributed by atoms with E-state index in [0.29, 0.717) is 6.61 Å². The summed E-state index contributed by atoms with van der Waals surface area (Å²) in [7, 11) is 0. The van der Waals surface area contributed by atoms with E-state index < -0.39 is 0 Å². The zero-order valence-electron chi connectivity index (χ0n) is 10.9. The summed E-state index contributed by atoms with van der Waals surface area (Å²) in [6.45, 7) is 2.45. The number of hydrogen-bond acceptors (Lipinski definition) is 2. The minimum Gasteiger partial charge on any atom is -0.489 e. The third-order valence-corrected chi connectivity index (χ3v) is 2.86. The second kappa shape index (κ2) is 6.55. The Morgan fingerprint density at radius 3 is 2.63 bits per heavy atom. The molecule has 0 atom stereocenters. The predicted molar refractivity (Wildman–Crippen MR) is 76.9 cm³/mol. The smallest absolute Gasteiger partial charge is 0.143 e. The highest BCUT2D eigenvalue weighted by Gasteiger charge is 1.99. The van der Waals surface area contributed by atoms with Crippen LogP contribution in [0.5, 0.6) is 5.75 Å². The third-order valence-electron chi connectivity index (χ3n) is 2.86. The Hall–Kier alpha value is -2.35. The Kier molecular flexibility index (Phi) is 4.51. The summed E-state index contributed by atoms with van der Waals surface area (Å²) in [5.41, 5.74) is 3.06. The van der Waals surface area contributed by atoms with Crippen molar-refractivity contribution >= 4 is 11.9 Å². The van der Waals surface area contributed by atoms with Gasteiger partial charge in [-0.3, -0.25) is 4.79 Å². The van der Waals surface area contributed by atoms with Gasteiger partial charge in [-0.25, -0.2) is 0 Å². The standard InChI is InChI=1S/C17H16O2/c1-14(10-11-18)16-8-5-9-17(12-16)19-13-15-6-3-2-4-7-15/h2-12H,13H2,1H3/b14-10-. The summed E-state index contributed by atoms with van der Waals surface area (Å²) >= 11 is 0. The van der Waals surface area contributed by atoms with E-state index in [1.807, 2.05) is 61.5 Å². The first kappa shape index (κ1) is 13.1. The fourth-order valence-corrected chi connectivity index (χ4v) is 1.77. The van der Waals surface area contributed by atoms with Crippen molar-refractivity contribution in [2.45, 2.75) is 13.5 Å². The van der Waals surface area contributed by atoms with Crippen molar-refractivity contribution in [2.75, 3.05) is 0 Å². The molecule has 0 radical (unpaired) electrons. The van der Waals surface area contributed by atoms with Crippen molar-refractivity contribution in [1.29, 1.82) is 0 Å². The molecule has 0 spiro atoms. The Labute approximate surface area is 113 Å². The Bertz CT molecular complexity index is 571. The lowest BCUT2D eigenvalue weighted by Crippen LogP contribution is -1.95. The maximum absolute atomic E-state index is 10.5. The van der Waals surface area contributed by atoms with E-state index in [1.54, 1.807) is 6.08 Å². The van der Waals surface area contributed by atoms with Crippen LogP contribution in [-0.4, -0.2) is 6.29 Å². The van der Waals surface area contributed by atoms with Gasteiger partial charge in [0.2, 0.25) is 0 Å². The lowest BCUT2D eigenvalue weighted by atomic mass is 10.1. The van der Waals surface area contributed by atoms with Crippen molar-refractivity contribution in [3.05, 3.63) is 71.8 Å². The van der Waals surface area contributed by atoms with Crippen LogP contribution >= 0.6 is 0 Å². The Morgan fingerprint density at radius 1 is 1.11 bits per heavy atom. The van der Waals surface area contributed by atoms with Crippen molar-refractivity contribution in [2.24, 2.45) is 0 Å². The predicted octanol–water partition coefficient (Wildman–Crippen LogP) is 3.87. The van der Waals surface area contributed by atoms with Gasteiger partial charge in [0.15, 0.2) is 0 Å². The first-order valence-electron chi connectivity index (χ1n) is 6.19. The third kappa shape index (κ3) is 3.81. The van der Waals surface area contributed by atoms with E-state index in [2.05, 4.69) is 0 Å². The van der Waals surface area contributed by atoms with Crippen LogP contribution in [0.2, 0.25) is 0 Å². The van der Waals surface area contributed by atoms with Crippen LogP contribution in [0.1, 0.15) is 18.1 Å². The van der Waals surface area contributed by atoms with E-state index in [4.69, 9.17) is 4.74 Å². The van der Waals surface area contributed by atoms with Crippen LogP contribution in [0.3, 0.4) is 0 Å². The molecule has 2 heteroatoms. The molecule has 0 aromatic heterocycles. The van der Waals surface area contributed by atoms with Gasteiger partial charge in [0.25, 0.3) is 0 Å². The number of carbonyl (C=O) groups is 1. The van der Waals surface area contributed by atoms with Gasteiger partial charge in [-0.1, -0.05) is 42.5 Å². The number of hydrogen-bond donors (Lipinski definition) is 0. The molecule has 0 aliphatic rings. The number of aldehydes is 1. The van der Waals surface area contributed by atoms with Gasteiger partial charge in [-0.05, 0) is 41.8 Å². The molecular formula is C17H16O2. The summed E-state index contributed by atoms with van der Waals surface area (Å²) in [4.78, 5) is 10.5. The zero-order valence-corrected chi connectivity index (χ0v) is 10.9. The van der Waals surface area contributed by atoms with Crippen LogP contribution in [0.25, 0.3) is 5.57 Å². The minimum atomic E-state index is 0.542. The molecule has 96 valence electrons. The number of rotatable bonds is 5. The molecule has 0 heterocycles. The molecule has 2 rings (SSSR count). The number of allylic oxidation sites excluding steroid dienone is 2. The molecule has 2 aromatic carbocycles. The maximum Gasteiger partial charge on any atom is 0.143 e. The molecule has 19 heavy (non-hydrogen) atoms. The maximum atomic E-state index is 10.5. The van der Waals surface area contributed by atoms with Gasteiger partial charge in [0, 0.05) is 0 Å². The van der Waals surface area contributed by atoms with E-state index in [0.717, 1.165) is 28.7 Å². The quantitative estimate of drug-likeness (QED) is 0.596. The number of ether oxygens (including phenoxy) is 1. The van der Waals surface area contributed by atoms with Crippen molar-refractivity contribution in [3.63, 3.8) is 0 Å². The van der Waals surface area contributed by atoms with E-state index in [1.165, 1.54) is 0 Å². The van der Waals surface area contributed by atoms with Gasteiger partial charge in [-0.2, -0.15) is 0 Å². The van der Waals surface area contributed by atoms with Crippen LogP contribution in [0, 0.1) is 0 Å². The highest BCUT2D eigenvalue weighted by molar-refractivity contribution is 5.80. The van der Waals surface area contributed by atoms with Gasteiger partial charge in [0.1, 0.15) is 18.6 Å². The molecular weight excluding hydrogens is 236 g/mol. The van der Waals surface area contributed by atoms with E-state index in [-0.39, 0.29) is 0 Å². The monoisotopic (exact) mass is 252 g/mol. The number of benzene rings is 2. The fourth-order valence-electron chi connectivity index (χ4n) is 1.77. The molecule has 0 aliphatic heterocycles. The zero-order chi connectivity index (χ0) is 13.5. The summed E-state index contributed by atoms with van der Waals surface area (Å²) in [6, 6.07) is 17.8. The molecule has 0 unspecified atom stereocenters. The van der Waals surface area contributed by atoms with E-state index >= 15 is 0 Å². The highest BCUT2D eigenvalue weighted by atomic mass is 16.5. The van der Waals surface area contributed by atoms with Gasteiger partial charge >= 0.3 is 0 Å². The van der Waals surface area contributed by atoms with Crippen LogP contribution in [-0.2, 0) is 11.4 Å². The summed E-state index contributed by atoms with van der Waals surface area (Å²) < 4.78 is 5.75. The highest BCUT2D eigenvalue weighted by Crippen LogP contribution is 2.20. The Morgan fingerprint density at radius 2 is 1.89 bits per heavy atom. The van der Waals surface area contributed by atoms with Crippen LogP contribution in [0.4, 0.5) is 0 Å². The lowest BCUT2D eigenvalue weighted by molar-refractivity contribution is -0.104. The van der Waals surface area contributed by atoms with Gasteiger partial charge in [-0.15, -0.1) is 0 Å². The lowest BCUT2D eigenvalue weighted by Gasteiger charge is -2.08. The molecule has 0 fully saturated rings. The molecule has 0 saturated heterocycles. The summed E-state index contributed by atoms with van der Waals surface area (Å²) in [6.07, 6.45) is 2.35.